The van der Waals surface area contributed by atoms with E-state index in [1.54, 1.807) is 5.57 Å². The summed E-state index contributed by atoms with van der Waals surface area (Å²) in [6.07, 6.45) is 14.9. The highest BCUT2D eigenvalue weighted by Gasteiger charge is 2.44. The number of allylic oxidation sites excluding steroid dienone is 4. The van der Waals surface area contributed by atoms with Crippen LogP contribution in [0.5, 0.6) is 0 Å². The Morgan fingerprint density at radius 2 is 2.41 bits per heavy atom. The van der Waals surface area contributed by atoms with Crippen LogP contribution in [0.2, 0.25) is 0 Å². The number of hydrogen-bond acceptors (Lipinski definition) is 1. The predicted octanol–water partition coefficient (Wildman–Crippen LogP) is 4.60. The van der Waals surface area contributed by atoms with Crippen LogP contribution in [0.3, 0.4) is 0 Å². The molecule has 0 aromatic carbocycles. The molecular weight excluding hydrogens is 224 g/mol. The Hall–Kier alpha value is -0.430. The summed E-state index contributed by atoms with van der Waals surface area (Å²) in [6.45, 7) is 6.32. The van der Waals surface area contributed by atoms with E-state index >= 15 is 0 Å². The third-order valence-electron chi connectivity index (χ3n) is 4.73. The van der Waals surface area contributed by atoms with Crippen molar-refractivity contribution in [2.45, 2.75) is 43.1 Å². The lowest BCUT2D eigenvalue weighted by atomic mass is 9.73. The molecule has 1 heteroatoms. The van der Waals surface area contributed by atoms with Gasteiger partial charge in [-0.2, -0.15) is 11.8 Å². The Kier molecular flexibility index (Phi) is 3.21. The molecule has 0 saturated carbocycles. The zero-order chi connectivity index (χ0) is 11.8. The average molecular weight is 246 g/mol. The first-order valence-electron chi connectivity index (χ1n) is 6.98. The molecule has 92 valence electrons. The quantitative estimate of drug-likeness (QED) is 0.642. The van der Waals surface area contributed by atoms with Crippen molar-refractivity contribution >= 4 is 11.8 Å². The second-order valence-electron chi connectivity index (χ2n) is 5.56. The Balaban J connectivity index is 1.88. The fourth-order valence-electron chi connectivity index (χ4n) is 3.80. The van der Waals surface area contributed by atoms with Crippen molar-refractivity contribution < 1.29 is 0 Å². The summed E-state index contributed by atoms with van der Waals surface area (Å²) < 4.78 is 0. The van der Waals surface area contributed by atoms with Crippen LogP contribution in [-0.4, -0.2) is 10.5 Å². The van der Waals surface area contributed by atoms with Crippen molar-refractivity contribution in [3.8, 4) is 0 Å². The highest BCUT2D eigenvalue weighted by molar-refractivity contribution is 8.01. The van der Waals surface area contributed by atoms with E-state index < -0.39 is 0 Å². The zero-order valence-electron chi connectivity index (χ0n) is 10.6. The number of fused-ring (bicyclic) bond motifs is 3. The first-order valence-corrected chi connectivity index (χ1v) is 7.93. The van der Waals surface area contributed by atoms with E-state index in [1.807, 2.05) is 0 Å². The van der Waals surface area contributed by atoms with Gasteiger partial charge in [0, 0.05) is 10.5 Å². The SMILES string of the molecule is C=CC1CC2SC3C=CCCC3C2C=C1CC. The summed E-state index contributed by atoms with van der Waals surface area (Å²) in [5.41, 5.74) is 1.65. The molecule has 0 nitrogen and oxygen atoms in total. The van der Waals surface area contributed by atoms with Crippen LogP contribution in [0.25, 0.3) is 0 Å². The van der Waals surface area contributed by atoms with Crippen molar-refractivity contribution in [2.75, 3.05) is 0 Å². The van der Waals surface area contributed by atoms with E-state index in [9.17, 15) is 0 Å². The molecule has 0 aromatic heterocycles. The van der Waals surface area contributed by atoms with Gasteiger partial charge in [-0.15, -0.1) is 6.58 Å². The molecular formula is C16H22S. The Morgan fingerprint density at radius 1 is 1.53 bits per heavy atom. The van der Waals surface area contributed by atoms with E-state index in [-0.39, 0.29) is 0 Å². The lowest BCUT2D eigenvalue weighted by molar-refractivity contribution is 0.355. The van der Waals surface area contributed by atoms with Crippen molar-refractivity contribution in [3.05, 3.63) is 36.5 Å². The highest BCUT2D eigenvalue weighted by Crippen LogP contribution is 2.53. The smallest absolute Gasteiger partial charge is 0.0264 e. The minimum Gasteiger partial charge on any atom is -0.150 e. The molecule has 0 radical (unpaired) electrons. The average Bonchev–Trinajstić information content (AvgIpc) is 2.74. The van der Waals surface area contributed by atoms with Gasteiger partial charge < -0.3 is 0 Å². The van der Waals surface area contributed by atoms with Crippen LogP contribution in [0, 0.1) is 17.8 Å². The molecule has 3 rings (SSSR count). The summed E-state index contributed by atoms with van der Waals surface area (Å²) >= 11 is 2.23. The summed E-state index contributed by atoms with van der Waals surface area (Å²) in [6, 6.07) is 0. The van der Waals surface area contributed by atoms with E-state index in [4.69, 9.17) is 0 Å². The van der Waals surface area contributed by atoms with Crippen LogP contribution < -0.4 is 0 Å². The van der Waals surface area contributed by atoms with Crippen molar-refractivity contribution in [1.29, 1.82) is 0 Å². The highest BCUT2D eigenvalue weighted by atomic mass is 32.2. The van der Waals surface area contributed by atoms with Crippen molar-refractivity contribution in [1.82, 2.24) is 0 Å². The van der Waals surface area contributed by atoms with Gasteiger partial charge in [0.2, 0.25) is 0 Å². The molecule has 0 N–H and O–H groups in total. The topological polar surface area (TPSA) is 0 Å². The second kappa shape index (κ2) is 4.68. The maximum Gasteiger partial charge on any atom is 0.0264 e. The lowest BCUT2D eigenvalue weighted by Crippen LogP contribution is -2.27. The fourth-order valence-corrected chi connectivity index (χ4v) is 5.70. The van der Waals surface area contributed by atoms with E-state index in [2.05, 4.69) is 49.6 Å². The summed E-state index contributed by atoms with van der Waals surface area (Å²) in [5.74, 6) is 2.42. The van der Waals surface area contributed by atoms with Gasteiger partial charge in [0.1, 0.15) is 0 Å². The first-order chi connectivity index (χ1) is 8.33. The van der Waals surface area contributed by atoms with E-state index in [1.165, 1.54) is 25.7 Å². The van der Waals surface area contributed by atoms with Gasteiger partial charge in [-0.3, -0.25) is 0 Å². The summed E-state index contributed by atoms with van der Waals surface area (Å²) in [4.78, 5) is 0. The second-order valence-corrected chi connectivity index (χ2v) is 6.98. The minimum absolute atomic E-state index is 0.651. The molecule has 0 aromatic rings. The van der Waals surface area contributed by atoms with Crippen LogP contribution >= 0.6 is 11.8 Å². The Labute approximate surface area is 109 Å². The maximum absolute atomic E-state index is 4.02. The number of thioether (sulfide) groups is 1. The number of hydrogen-bond donors (Lipinski definition) is 0. The molecule has 5 unspecified atom stereocenters. The van der Waals surface area contributed by atoms with Gasteiger partial charge in [0.05, 0.1) is 0 Å². The fraction of sp³-hybridized carbons (Fsp3) is 0.625. The molecule has 1 aliphatic heterocycles. The minimum atomic E-state index is 0.651. The molecule has 5 atom stereocenters. The number of rotatable bonds is 2. The van der Waals surface area contributed by atoms with Crippen molar-refractivity contribution in [2.24, 2.45) is 17.8 Å². The molecule has 1 heterocycles. The third kappa shape index (κ3) is 1.93. The normalized spacial score (nSPS) is 43.8. The Morgan fingerprint density at radius 3 is 3.18 bits per heavy atom. The molecule has 2 aliphatic carbocycles. The van der Waals surface area contributed by atoms with Gasteiger partial charge in [0.15, 0.2) is 0 Å². The van der Waals surface area contributed by atoms with Gasteiger partial charge in [0.25, 0.3) is 0 Å². The van der Waals surface area contributed by atoms with Gasteiger partial charge in [-0.1, -0.05) is 36.8 Å². The van der Waals surface area contributed by atoms with Gasteiger partial charge in [-0.05, 0) is 43.4 Å². The largest absolute Gasteiger partial charge is 0.150 e. The van der Waals surface area contributed by atoms with E-state index in [0.29, 0.717) is 5.92 Å². The molecule has 1 fully saturated rings. The Bertz CT molecular complexity index is 366. The van der Waals surface area contributed by atoms with Crippen LogP contribution in [-0.2, 0) is 0 Å². The predicted molar refractivity (Wildman–Crippen MR) is 77.2 cm³/mol. The first kappa shape index (κ1) is 11.6. The van der Waals surface area contributed by atoms with Crippen LogP contribution in [0.15, 0.2) is 36.5 Å². The van der Waals surface area contributed by atoms with Gasteiger partial charge >= 0.3 is 0 Å². The molecule has 3 aliphatic rings. The van der Waals surface area contributed by atoms with Gasteiger partial charge in [-0.25, -0.2) is 0 Å². The molecule has 0 amide bonds. The molecule has 0 spiro atoms. The maximum atomic E-state index is 4.02. The standard InChI is InChI=1S/C16H22S/c1-3-11-9-14-13-7-5-6-8-15(13)17-16(14)10-12(11)4-2/h4,6,8-9,12-16H,2-3,5,7,10H2,1H3. The zero-order valence-corrected chi connectivity index (χ0v) is 11.5. The van der Waals surface area contributed by atoms with Crippen molar-refractivity contribution in [3.63, 3.8) is 0 Å². The monoisotopic (exact) mass is 246 g/mol. The lowest BCUT2D eigenvalue weighted by Gasteiger charge is -2.32. The van der Waals surface area contributed by atoms with E-state index in [0.717, 1.165) is 22.3 Å². The van der Waals surface area contributed by atoms with Crippen LogP contribution in [0.4, 0.5) is 0 Å². The molecule has 1 saturated heterocycles. The third-order valence-corrected chi connectivity index (χ3v) is 6.41. The molecule has 17 heavy (non-hydrogen) atoms. The van der Waals surface area contributed by atoms with Crippen LogP contribution in [0.1, 0.15) is 32.6 Å². The summed E-state index contributed by atoms with van der Waals surface area (Å²) in [5, 5.41) is 1.66. The summed E-state index contributed by atoms with van der Waals surface area (Å²) in [7, 11) is 0. The molecule has 0 bridgehead atoms.